The van der Waals surface area contributed by atoms with Crippen molar-refractivity contribution in [1.29, 1.82) is 0 Å². The van der Waals surface area contributed by atoms with Gasteiger partial charge in [0.1, 0.15) is 0 Å². The minimum atomic E-state index is -5.48. The van der Waals surface area contributed by atoms with E-state index in [4.69, 9.17) is 0 Å². The van der Waals surface area contributed by atoms with Gasteiger partial charge >= 0.3 is 11.7 Å². The van der Waals surface area contributed by atoms with E-state index in [2.05, 4.69) is 5.32 Å². The van der Waals surface area contributed by atoms with Gasteiger partial charge in [-0.05, 0) is 44.0 Å². The number of piperidine rings is 1. The number of nitrogens with zero attached hydrogens (tertiary/aromatic N) is 1. The van der Waals surface area contributed by atoms with E-state index >= 15 is 0 Å². The number of nitrogens with one attached hydrogen (secondary N) is 1. The molecule has 1 saturated heterocycles. The highest BCUT2D eigenvalue weighted by Crippen LogP contribution is 2.34. The van der Waals surface area contributed by atoms with Crippen LogP contribution >= 0.6 is 0 Å². The van der Waals surface area contributed by atoms with Crippen molar-refractivity contribution in [3.63, 3.8) is 0 Å². The van der Waals surface area contributed by atoms with Crippen LogP contribution in [0.4, 0.5) is 32.0 Å². The third kappa shape index (κ3) is 5.26. The minimum absolute atomic E-state index is 0.0545. The predicted octanol–water partition coefficient (Wildman–Crippen LogP) is 3.67. The molecule has 0 atom stereocenters. The van der Waals surface area contributed by atoms with E-state index in [-0.39, 0.29) is 31.2 Å². The van der Waals surface area contributed by atoms with E-state index in [9.17, 15) is 34.8 Å². The van der Waals surface area contributed by atoms with Crippen LogP contribution < -0.4 is 5.32 Å². The number of benzene rings is 1. The van der Waals surface area contributed by atoms with Crippen molar-refractivity contribution in [3.8, 4) is 0 Å². The maximum Gasteiger partial charge on any atom is 0.501 e. The van der Waals surface area contributed by atoms with E-state index < -0.39 is 33.0 Å². The number of hydrogen-bond donors (Lipinski definition) is 1. The normalized spacial score (nSPS) is 18.1. The second-order valence-corrected chi connectivity index (χ2v) is 8.07. The summed E-state index contributed by atoms with van der Waals surface area (Å²) in [5, 5.41) is 2.70. The second-order valence-electron chi connectivity index (χ2n) is 6.16. The molecule has 1 fully saturated rings. The van der Waals surface area contributed by atoms with E-state index in [1.807, 2.05) is 0 Å². The first-order chi connectivity index (χ1) is 11.9. The monoisotopic (exact) mass is 404 g/mol. The van der Waals surface area contributed by atoms with E-state index in [1.54, 1.807) is 0 Å². The lowest BCUT2D eigenvalue weighted by atomic mass is 9.96. The quantitative estimate of drug-likeness (QED) is 0.761. The minimum Gasteiger partial charge on any atom is -0.384 e. The summed E-state index contributed by atoms with van der Waals surface area (Å²) >= 11 is 0. The molecule has 2 rings (SSSR count). The van der Waals surface area contributed by atoms with Gasteiger partial charge in [-0.1, -0.05) is 12.1 Å². The number of anilines is 1. The Morgan fingerprint density at radius 1 is 1.04 bits per heavy atom. The lowest BCUT2D eigenvalue weighted by molar-refractivity contribution is -0.148. The molecule has 1 aromatic rings. The van der Waals surface area contributed by atoms with Gasteiger partial charge in [0.2, 0.25) is 0 Å². The summed E-state index contributed by atoms with van der Waals surface area (Å²) in [7, 11) is -5.48. The highest BCUT2D eigenvalue weighted by atomic mass is 32.2. The maximum atomic E-state index is 12.8. The van der Waals surface area contributed by atoms with Crippen LogP contribution in [0.15, 0.2) is 29.2 Å². The molecule has 0 radical (unpaired) electrons. The largest absolute Gasteiger partial charge is 0.501 e. The molecular weight excluding hydrogens is 386 g/mol. The Hall–Kier alpha value is -1.49. The first kappa shape index (κ1) is 20.8. The van der Waals surface area contributed by atoms with E-state index in [1.165, 1.54) is 23.1 Å². The highest BCUT2D eigenvalue weighted by Gasteiger charge is 2.47. The zero-order valence-corrected chi connectivity index (χ0v) is 14.4. The molecule has 1 N–H and O–H groups in total. The van der Waals surface area contributed by atoms with Crippen molar-refractivity contribution in [2.45, 2.75) is 29.4 Å². The molecular formula is C15H18F6N2O2S. The smallest absolute Gasteiger partial charge is 0.384 e. The van der Waals surface area contributed by atoms with Crippen LogP contribution in [0.2, 0.25) is 0 Å². The molecule has 11 heteroatoms. The molecule has 1 heterocycles. The lowest BCUT2D eigenvalue weighted by Crippen LogP contribution is -2.41. The zero-order valence-electron chi connectivity index (χ0n) is 13.6. The standard InChI is InChI=1S/C15H18F6N2O2S/c16-14(17,18)10-23-7-5-11(6-8-23)9-22-12-3-1-2-4-13(12)26(24,25)15(19,20)21/h1-4,11,22H,5-10H2. The van der Waals surface area contributed by atoms with Gasteiger partial charge in [-0.25, -0.2) is 8.42 Å². The molecule has 0 spiro atoms. The van der Waals surface area contributed by atoms with Crippen molar-refractivity contribution in [3.05, 3.63) is 24.3 Å². The number of rotatable bonds is 5. The Morgan fingerprint density at radius 3 is 2.15 bits per heavy atom. The lowest BCUT2D eigenvalue weighted by Gasteiger charge is -2.32. The van der Waals surface area contributed by atoms with Crippen molar-refractivity contribution < 1.29 is 34.8 Å². The molecule has 1 aliphatic rings. The number of hydrogen-bond acceptors (Lipinski definition) is 4. The van der Waals surface area contributed by atoms with Crippen molar-refractivity contribution >= 4 is 15.5 Å². The molecule has 0 saturated carbocycles. The fourth-order valence-corrected chi connectivity index (χ4v) is 3.77. The molecule has 0 amide bonds. The average molecular weight is 404 g/mol. The van der Waals surface area contributed by atoms with Crippen molar-refractivity contribution in [2.24, 2.45) is 5.92 Å². The summed E-state index contributed by atoms with van der Waals surface area (Å²) < 4.78 is 98.6. The zero-order chi connectivity index (χ0) is 19.6. The third-order valence-corrected chi connectivity index (χ3v) is 5.72. The van der Waals surface area contributed by atoms with Crippen LogP contribution in [0.1, 0.15) is 12.8 Å². The van der Waals surface area contributed by atoms with E-state index in [0.717, 1.165) is 6.07 Å². The molecule has 1 aromatic carbocycles. The predicted molar refractivity (Wildman–Crippen MR) is 83.4 cm³/mol. The Morgan fingerprint density at radius 2 is 1.62 bits per heavy atom. The van der Waals surface area contributed by atoms with Gasteiger partial charge in [-0.15, -0.1) is 0 Å². The van der Waals surface area contributed by atoms with Crippen LogP contribution in [0, 0.1) is 5.92 Å². The summed E-state index contributed by atoms with van der Waals surface area (Å²) in [6.45, 7) is -0.341. The number of likely N-dealkylation sites (tertiary alicyclic amines) is 1. The first-order valence-electron chi connectivity index (χ1n) is 7.83. The molecule has 0 aromatic heterocycles. The van der Waals surface area contributed by atoms with Crippen molar-refractivity contribution in [1.82, 2.24) is 4.90 Å². The number of sulfone groups is 1. The van der Waals surface area contributed by atoms with Gasteiger partial charge in [-0.2, -0.15) is 26.3 Å². The van der Waals surface area contributed by atoms with Gasteiger partial charge in [0.05, 0.1) is 17.1 Å². The highest BCUT2D eigenvalue weighted by molar-refractivity contribution is 7.92. The van der Waals surface area contributed by atoms with E-state index in [0.29, 0.717) is 12.8 Å². The second kappa shape index (κ2) is 7.63. The average Bonchev–Trinajstić information content (AvgIpc) is 2.52. The summed E-state index contributed by atoms with van der Waals surface area (Å²) in [6.07, 6.45) is -3.38. The summed E-state index contributed by atoms with van der Waals surface area (Å²) in [4.78, 5) is 0.417. The van der Waals surface area contributed by atoms with Gasteiger partial charge in [-0.3, -0.25) is 4.90 Å². The summed E-state index contributed by atoms with van der Waals surface area (Å²) in [6, 6.07) is 4.71. The van der Waals surface area contributed by atoms with Crippen LogP contribution in [0.5, 0.6) is 0 Å². The molecule has 26 heavy (non-hydrogen) atoms. The summed E-state index contributed by atoms with van der Waals surface area (Å²) in [5.74, 6) is -0.0545. The van der Waals surface area contributed by atoms with Crippen LogP contribution in [0.3, 0.4) is 0 Å². The maximum absolute atomic E-state index is 12.8. The van der Waals surface area contributed by atoms with Gasteiger partial charge in [0, 0.05) is 6.54 Å². The van der Waals surface area contributed by atoms with Gasteiger partial charge in [0.15, 0.2) is 0 Å². The first-order valence-corrected chi connectivity index (χ1v) is 9.32. The Bertz CT molecular complexity index is 710. The molecule has 0 unspecified atom stereocenters. The Balaban J connectivity index is 1.98. The molecule has 1 aliphatic heterocycles. The van der Waals surface area contributed by atoms with Crippen molar-refractivity contribution in [2.75, 3.05) is 31.5 Å². The molecule has 0 bridgehead atoms. The Labute approximate surface area is 147 Å². The molecule has 0 aliphatic carbocycles. The van der Waals surface area contributed by atoms with Gasteiger partial charge < -0.3 is 5.32 Å². The Kier molecular flexibility index (Phi) is 6.11. The SMILES string of the molecule is O=S(=O)(c1ccccc1NCC1CCN(CC(F)(F)F)CC1)C(F)(F)F. The number of para-hydroxylation sites is 1. The molecule has 148 valence electrons. The third-order valence-electron chi connectivity index (χ3n) is 4.17. The van der Waals surface area contributed by atoms with Gasteiger partial charge in [0.25, 0.3) is 9.84 Å². The van der Waals surface area contributed by atoms with Crippen LogP contribution in [-0.4, -0.2) is 51.2 Å². The fraction of sp³-hybridized carbons (Fsp3) is 0.600. The van der Waals surface area contributed by atoms with Crippen LogP contribution in [-0.2, 0) is 9.84 Å². The summed E-state index contributed by atoms with van der Waals surface area (Å²) in [5.41, 5.74) is -5.57. The number of alkyl halides is 6. The molecule has 4 nitrogen and oxygen atoms in total. The fourth-order valence-electron chi connectivity index (χ4n) is 2.83. The topological polar surface area (TPSA) is 49.4 Å². The number of halogens is 6. The van der Waals surface area contributed by atoms with Crippen LogP contribution in [0.25, 0.3) is 0 Å².